The lowest BCUT2D eigenvalue weighted by molar-refractivity contribution is -0.140. The van der Waals surface area contributed by atoms with Gasteiger partial charge in [-0.05, 0) is 38.1 Å². The molecule has 1 rings (SSSR count). The Labute approximate surface area is 109 Å². The molecule has 0 saturated carbocycles. The summed E-state index contributed by atoms with van der Waals surface area (Å²) in [5.74, 6) is -0.289. The third-order valence-corrected chi connectivity index (χ3v) is 3.68. The maximum atomic E-state index is 11.0. The van der Waals surface area contributed by atoms with Crippen molar-refractivity contribution in [3.05, 3.63) is 35.4 Å². The molecule has 0 aliphatic rings. The van der Waals surface area contributed by atoms with Crippen molar-refractivity contribution in [2.45, 2.75) is 38.6 Å². The lowest BCUT2D eigenvalue weighted by atomic mass is 9.86. The average Bonchev–Trinajstić information content (AvgIpc) is 2.27. The Balaban J connectivity index is 3.10. The first-order valence-electron chi connectivity index (χ1n) is 6.27. The fourth-order valence-electron chi connectivity index (χ4n) is 2.04. The van der Waals surface area contributed by atoms with Gasteiger partial charge in [-0.15, -0.1) is 0 Å². The molecule has 1 N–H and O–H groups in total. The van der Waals surface area contributed by atoms with Gasteiger partial charge >= 0.3 is 5.97 Å². The normalized spacial score (nSPS) is 14.8. The van der Waals surface area contributed by atoms with Crippen molar-refractivity contribution in [1.29, 1.82) is 0 Å². The Morgan fingerprint density at radius 1 is 1.28 bits per heavy atom. The van der Waals surface area contributed by atoms with E-state index in [2.05, 4.69) is 26.0 Å². The summed E-state index contributed by atoms with van der Waals surface area (Å²) in [4.78, 5) is 13.0. The van der Waals surface area contributed by atoms with Crippen molar-refractivity contribution in [2.24, 2.45) is 0 Å². The molecule has 0 aromatic heterocycles. The first-order valence-corrected chi connectivity index (χ1v) is 6.27. The van der Waals surface area contributed by atoms with Crippen LogP contribution in [0.5, 0.6) is 0 Å². The highest BCUT2D eigenvalue weighted by Crippen LogP contribution is 2.30. The minimum absolute atomic E-state index is 0.0982. The standard InChI is InChI=1S/C15H23NO2/c1-11(2)12-6-8-13(9-7-12)15(3,16(4)5)10-14(17)18/h6-9,11H,10H2,1-5H3,(H,17,18). The molecule has 0 fully saturated rings. The molecule has 0 radical (unpaired) electrons. The summed E-state index contributed by atoms with van der Waals surface area (Å²) < 4.78 is 0. The highest BCUT2D eigenvalue weighted by Gasteiger charge is 2.31. The zero-order valence-electron chi connectivity index (χ0n) is 11.9. The van der Waals surface area contributed by atoms with Crippen LogP contribution < -0.4 is 0 Å². The lowest BCUT2D eigenvalue weighted by Gasteiger charge is -2.36. The molecule has 1 aromatic rings. The van der Waals surface area contributed by atoms with E-state index in [9.17, 15) is 4.79 Å². The van der Waals surface area contributed by atoms with Gasteiger partial charge in [0.2, 0.25) is 0 Å². The summed E-state index contributed by atoms with van der Waals surface area (Å²) in [6.45, 7) is 6.26. The van der Waals surface area contributed by atoms with E-state index in [-0.39, 0.29) is 6.42 Å². The van der Waals surface area contributed by atoms with Crippen molar-refractivity contribution >= 4 is 5.97 Å². The molecule has 1 atom stereocenters. The van der Waals surface area contributed by atoms with Crippen LogP contribution in [0.1, 0.15) is 44.2 Å². The Morgan fingerprint density at radius 2 is 1.78 bits per heavy atom. The summed E-state index contributed by atoms with van der Waals surface area (Å²) in [6, 6.07) is 8.25. The Bertz CT molecular complexity index is 409. The molecule has 1 aromatic carbocycles. The molecule has 0 heterocycles. The molecule has 0 aliphatic carbocycles. The number of hydrogen-bond acceptors (Lipinski definition) is 2. The minimum Gasteiger partial charge on any atom is -0.481 e. The third-order valence-electron chi connectivity index (χ3n) is 3.68. The number of nitrogens with zero attached hydrogens (tertiary/aromatic N) is 1. The molecule has 3 heteroatoms. The molecule has 0 amide bonds. The van der Waals surface area contributed by atoms with Gasteiger partial charge in [-0.2, -0.15) is 0 Å². The van der Waals surface area contributed by atoms with Gasteiger partial charge < -0.3 is 5.11 Å². The lowest BCUT2D eigenvalue weighted by Crippen LogP contribution is -2.40. The van der Waals surface area contributed by atoms with Crippen molar-refractivity contribution in [2.75, 3.05) is 14.1 Å². The highest BCUT2D eigenvalue weighted by atomic mass is 16.4. The topological polar surface area (TPSA) is 40.5 Å². The van der Waals surface area contributed by atoms with Gasteiger partial charge in [-0.1, -0.05) is 38.1 Å². The van der Waals surface area contributed by atoms with Crippen molar-refractivity contribution in [1.82, 2.24) is 4.90 Å². The second-order valence-electron chi connectivity index (χ2n) is 5.52. The van der Waals surface area contributed by atoms with E-state index >= 15 is 0 Å². The number of aliphatic carboxylic acids is 1. The van der Waals surface area contributed by atoms with Crippen LogP contribution in [-0.2, 0) is 10.3 Å². The van der Waals surface area contributed by atoms with E-state index in [1.165, 1.54) is 5.56 Å². The summed E-state index contributed by atoms with van der Waals surface area (Å²) >= 11 is 0. The van der Waals surface area contributed by atoms with Crippen LogP contribution in [0.4, 0.5) is 0 Å². The van der Waals surface area contributed by atoms with Crippen LogP contribution in [0, 0.1) is 0 Å². The van der Waals surface area contributed by atoms with Gasteiger partial charge in [0.05, 0.1) is 12.0 Å². The maximum Gasteiger partial charge on any atom is 0.305 e. The SMILES string of the molecule is CC(C)c1ccc(C(C)(CC(=O)O)N(C)C)cc1. The number of benzene rings is 1. The minimum atomic E-state index is -0.779. The van der Waals surface area contributed by atoms with Gasteiger partial charge in [0.1, 0.15) is 0 Å². The fourth-order valence-corrected chi connectivity index (χ4v) is 2.04. The van der Waals surface area contributed by atoms with E-state index in [0.717, 1.165) is 5.56 Å². The number of rotatable bonds is 5. The second kappa shape index (κ2) is 5.53. The predicted octanol–water partition coefficient (Wildman–Crippen LogP) is 3.06. The Kier molecular flexibility index (Phi) is 4.52. The monoisotopic (exact) mass is 249 g/mol. The molecule has 1 unspecified atom stereocenters. The first kappa shape index (κ1) is 14.7. The molecule has 3 nitrogen and oxygen atoms in total. The molecular formula is C15H23NO2. The first-order chi connectivity index (χ1) is 8.27. The van der Waals surface area contributed by atoms with E-state index in [0.29, 0.717) is 5.92 Å². The molecule has 0 saturated heterocycles. The highest BCUT2D eigenvalue weighted by molar-refractivity contribution is 5.68. The van der Waals surface area contributed by atoms with Crippen LogP contribution in [0.2, 0.25) is 0 Å². The summed E-state index contributed by atoms with van der Waals surface area (Å²) in [7, 11) is 3.83. The Hall–Kier alpha value is -1.35. The van der Waals surface area contributed by atoms with Crippen molar-refractivity contribution in [3.8, 4) is 0 Å². The van der Waals surface area contributed by atoms with E-state index in [1.807, 2.05) is 38.1 Å². The molecule has 18 heavy (non-hydrogen) atoms. The number of carboxylic acids is 1. The maximum absolute atomic E-state index is 11.0. The third kappa shape index (κ3) is 3.10. The van der Waals surface area contributed by atoms with Crippen LogP contribution in [0.25, 0.3) is 0 Å². The van der Waals surface area contributed by atoms with Gasteiger partial charge in [-0.25, -0.2) is 0 Å². The number of hydrogen-bond donors (Lipinski definition) is 1. The fraction of sp³-hybridized carbons (Fsp3) is 0.533. The summed E-state index contributed by atoms with van der Waals surface area (Å²) in [6.07, 6.45) is 0.0982. The molecule has 100 valence electrons. The number of carbonyl (C=O) groups is 1. The molecule has 0 bridgehead atoms. The van der Waals surface area contributed by atoms with Gasteiger partial charge in [0.25, 0.3) is 0 Å². The van der Waals surface area contributed by atoms with Crippen molar-refractivity contribution in [3.63, 3.8) is 0 Å². The summed E-state index contributed by atoms with van der Waals surface area (Å²) in [5, 5.41) is 9.08. The van der Waals surface area contributed by atoms with E-state index in [1.54, 1.807) is 0 Å². The zero-order chi connectivity index (χ0) is 13.9. The van der Waals surface area contributed by atoms with Gasteiger partial charge in [0, 0.05) is 0 Å². The largest absolute Gasteiger partial charge is 0.481 e. The smallest absolute Gasteiger partial charge is 0.305 e. The van der Waals surface area contributed by atoms with Crippen LogP contribution in [0.15, 0.2) is 24.3 Å². The van der Waals surface area contributed by atoms with E-state index in [4.69, 9.17) is 5.11 Å². The molecule has 0 spiro atoms. The quantitative estimate of drug-likeness (QED) is 0.872. The molecule has 0 aliphatic heterocycles. The Morgan fingerprint density at radius 3 is 2.11 bits per heavy atom. The molecular weight excluding hydrogens is 226 g/mol. The average molecular weight is 249 g/mol. The van der Waals surface area contributed by atoms with Gasteiger partial charge in [-0.3, -0.25) is 9.69 Å². The predicted molar refractivity (Wildman–Crippen MR) is 73.8 cm³/mol. The zero-order valence-corrected chi connectivity index (χ0v) is 11.9. The van der Waals surface area contributed by atoms with Crippen LogP contribution >= 0.6 is 0 Å². The second-order valence-corrected chi connectivity index (χ2v) is 5.52. The van der Waals surface area contributed by atoms with Crippen molar-refractivity contribution < 1.29 is 9.90 Å². The van der Waals surface area contributed by atoms with E-state index < -0.39 is 11.5 Å². The van der Waals surface area contributed by atoms with Gasteiger partial charge in [0.15, 0.2) is 0 Å². The number of carboxylic acid groups (broad SMARTS) is 1. The van der Waals surface area contributed by atoms with Crippen LogP contribution in [0.3, 0.4) is 0 Å². The summed E-state index contributed by atoms with van der Waals surface area (Å²) in [5.41, 5.74) is 1.84. The van der Waals surface area contributed by atoms with Crippen LogP contribution in [-0.4, -0.2) is 30.1 Å².